The van der Waals surface area contributed by atoms with Crippen molar-refractivity contribution in [2.45, 2.75) is 32.7 Å². The number of rotatable bonds is 3. The number of likely N-dealkylation sites (N-methyl/N-ethyl adjacent to an activating group) is 1. The summed E-state index contributed by atoms with van der Waals surface area (Å²) in [4.78, 5) is 28.7. The van der Waals surface area contributed by atoms with Crippen LogP contribution in [-0.2, 0) is 4.79 Å². The number of fused-ring (bicyclic) bond motifs is 1. The van der Waals surface area contributed by atoms with Gasteiger partial charge in [0.25, 0.3) is 0 Å². The Kier molecular flexibility index (Phi) is 3.11. The van der Waals surface area contributed by atoms with Gasteiger partial charge in [-0.05, 0) is 18.9 Å². The zero-order chi connectivity index (χ0) is 16.2. The van der Waals surface area contributed by atoms with Crippen molar-refractivity contribution < 1.29 is 4.79 Å². The fourth-order valence-corrected chi connectivity index (χ4v) is 3.96. The molecule has 2 aliphatic rings. The molecule has 1 atom stereocenters. The minimum Gasteiger partial charge on any atom is -0.354 e. The number of nitrogens with zero attached hydrogens (tertiary/aromatic N) is 4. The van der Waals surface area contributed by atoms with Crippen LogP contribution >= 0.6 is 0 Å². The highest BCUT2D eigenvalue weighted by Crippen LogP contribution is 2.55. The van der Waals surface area contributed by atoms with Crippen LogP contribution in [0.3, 0.4) is 0 Å². The summed E-state index contributed by atoms with van der Waals surface area (Å²) in [5.74, 6) is 1.28. The highest BCUT2D eigenvalue weighted by atomic mass is 16.2. The molecule has 4 rings (SSSR count). The third-order valence-electron chi connectivity index (χ3n) is 5.44. The van der Waals surface area contributed by atoms with Crippen LogP contribution in [0.4, 0.5) is 5.82 Å². The quantitative estimate of drug-likeness (QED) is 0.942. The van der Waals surface area contributed by atoms with Gasteiger partial charge < -0.3 is 14.8 Å². The Morgan fingerprint density at radius 2 is 2.22 bits per heavy atom. The molecule has 122 valence electrons. The molecule has 0 radical (unpaired) electrons. The van der Waals surface area contributed by atoms with Crippen molar-refractivity contribution in [1.29, 1.82) is 0 Å². The molecule has 1 N–H and O–H groups in total. The van der Waals surface area contributed by atoms with E-state index in [-0.39, 0.29) is 17.2 Å². The Balaban J connectivity index is 1.65. The second-order valence-corrected chi connectivity index (χ2v) is 7.30. The van der Waals surface area contributed by atoms with E-state index in [1.54, 1.807) is 6.33 Å². The van der Waals surface area contributed by atoms with E-state index in [0.717, 1.165) is 29.9 Å². The van der Waals surface area contributed by atoms with E-state index in [1.165, 1.54) is 12.8 Å². The molecule has 1 aliphatic heterocycles. The predicted octanol–water partition coefficient (Wildman–Crippen LogP) is 2.04. The predicted molar refractivity (Wildman–Crippen MR) is 89.2 cm³/mol. The molecule has 2 aromatic rings. The summed E-state index contributed by atoms with van der Waals surface area (Å²) in [7, 11) is 2.10. The number of carbonyl (C=O) groups excluding carboxylic acids is 1. The first-order valence-electron chi connectivity index (χ1n) is 8.31. The summed E-state index contributed by atoms with van der Waals surface area (Å²) in [6.45, 7) is 5.64. The number of nitrogens with one attached hydrogen (secondary N) is 1. The number of anilines is 1. The Labute approximate surface area is 135 Å². The van der Waals surface area contributed by atoms with Crippen molar-refractivity contribution >= 4 is 22.8 Å². The molecule has 1 aliphatic carbocycles. The van der Waals surface area contributed by atoms with Gasteiger partial charge >= 0.3 is 0 Å². The molecule has 1 spiro atoms. The summed E-state index contributed by atoms with van der Waals surface area (Å²) in [5, 5.41) is 1.04. The second-order valence-electron chi connectivity index (χ2n) is 7.30. The number of amides is 1. The highest BCUT2D eigenvalue weighted by molar-refractivity contribution is 5.87. The number of hydrogen-bond acceptors (Lipinski definition) is 4. The van der Waals surface area contributed by atoms with E-state index in [9.17, 15) is 4.79 Å². The van der Waals surface area contributed by atoms with Crippen LogP contribution in [0.15, 0.2) is 18.6 Å². The van der Waals surface area contributed by atoms with E-state index >= 15 is 0 Å². The van der Waals surface area contributed by atoms with E-state index in [0.29, 0.717) is 6.04 Å². The molecule has 2 fully saturated rings. The normalized spacial score (nSPS) is 22.3. The van der Waals surface area contributed by atoms with Gasteiger partial charge in [0.2, 0.25) is 5.91 Å². The molecule has 0 bridgehead atoms. The van der Waals surface area contributed by atoms with Gasteiger partial charge in [-0.25, -0.2) is 9.97 Å². The minimum atomic E-state index is 0.0605. The first-order chi connectivity index (χ1) is 11.0. The van der Waals surface area contributed by atoms with Gasteiger partial charge in [0.1, 0.15) is 17.8 Å². The van der Waals surface area contributed by atoms with Gasteiger partial charge in [-0.3, -0.25) is 4.79 Å². The average Bonchev–Trinajstić information content (AvgIpc) is 2.98. The summed E-state index contributed by atoms with van der Waals surface area (Å²) in [6.07, 6.45) is 5.90. The molecule has 6 heteroatoms. The topological polar surface area (TPSA) is 65.1 Å². The van der Waals surface area contributed by atoms with E-state index in [2.05, 4.69) is 26.9 Å². The van der Waals surface area contributed by atoms with Crippen molar-refractivity contribution in [1.82, 2.24) is 19.9 Å². The van der Waals surface area contributed by atoms with Crippen LogP contribution in [0.1, 0.15) is 26.7 Å². The molecule has 2 aromatic heterocycles. The Bertz CT molecular complexity index is 748. The standard InChI is InChI=1S/C17H23N5O/c1-11(2)16(23)22-8-13(17(9-22)5-6-17)21(3)15-12-4-7-18-14(12)19-10-20-15/h4,7,10-11,13H,5-6,8-9H2,1-3H3,(H,18,19,20). The zero-order valence-electron chi connectivity index (χ0n) is 13.9. The fourth-order valence-electron chi connectivity index (χ4n) is 3.96. The first kappa shape index (κ1) is 14.5. The third kappa shape index (κ3) is 2.19. The summed E-state index contributed by atoms with van der Waals surface area (Å²) in [5.41, 5.74) is 1.12. The Morgan fingerprint density at radius 1 is 1.43 bits per heavy atom. The Hall–Kier alpha value is -2.11. The van der Waals surface area contributed by atoms with Gasteiger partial charge in [-0.1, -0.05) is 13.8 Å². The molecule has 1 saturated carbocycles. The molecule has 6 nitrogen and oxygen atoms in total. The zero-order valence-corrected chi connectivity index (χ0v) is 13.9. The van der Waals surface area contributed by atoms with Crippen LogP contribution in [0, 0.1) is 11.3 Å². The van der Waals surface area contributed by atoms with Crippen molar-refractivity contribution in [3.05, 3.63) is 18.6 Å². The fraction of sp³-hybridized carbons (Fsp3) is 0.588. The molecular weight excluding hydrogens is 290 g/mol. The van der Waals surface area contributed by atoms with Gasteiger partial charge in [-0.15, -0.1) is 0 Å². The minimum absolute atomic E-state index is 0.0605. The number of aromatic amines is 1. The van der Waals surface area contributed by atoms with Crippen LogP contribution in [0.5, 0.6) is 0 Å². The lowest BCUT2D eigenvalue weighted by molar-refractivity contribution is -0.133. The molecule has 3 heterocycles. The first-order valence-corrected chi connectivity index (χ1v) is 8.31. The molecule has 1 unspecified atom stereocenters. The number of hydrogen-bond donors (Lipinski definition) is 1. The van der Waals surface area contributed by atoms with Gasteiger partial charge in [0.05, 0.1) is 11.4 Å². The highest BCUT2D eigenvalue weighted by Gasteiger charge is 2.57. The maximum Gasteiger partial charge on any atom is 0.225 e. The molecule has 0 aromatic carbocycles. The second kappa shape index (κ2) is 4.94. The maximum atomic E-state index is 12.4. The van der Waals surface area contributed by atoms with Crippen LogP contribution < -0.4 is 4.90 Å². The molecule has 23 heavy (non-hydrogen) atoms. The lowest BCUT2D eigenvalue weighted by atomic mass is 9.99. The Morgan fingerprint density at radius 3 is 2.91 bits per heavy atom. The largest absolute Gasteiger partial charge is 0.354 e. The van der Waals surface area contributed by atoms with Crippen molar-refractivity contribution in [3.8, 4) is 0 Å². The monoisotopic (exact) mass is 313 g/mol. The van der Waals surface area contributed by atoms with Gasteiger partial charge in [0, 0.05) is 37.7 Å². The van der Waals surface area contributed by atoms with Gasteiger partial charge in [0.15, 0.2) is 0 Å². The third-order valence-corrected chi connectivity index (χ3v) is 5.44. The van der Waals surface area contributed by atoms with Crippen LogP contribution in [0.25, 0.3) is 11.0 Å². The molecule has 1 amide bonds. The van der Waals surface area contributed by atoms with Crippen LogP contribution in [0.2, 0.25) is 0 Å². The van der Waals surface area contributed by atoms with Crippen LogP contribution in [-0.4, -0.2) is 51.9 Å². The van der Waals surface area contributed by atoms with Gasteiger partial charge in [-0.2, -0.15) is 0 Å². The molecular formula is C17H23N5O. The number of H-pyrrole nitrogens is 1. The number of aromatic nitrogens is 3. The van der Waals surface area contributed by atoms with Crippen molar-refractivity contribution in [3.63, 3.8) is 0 Å². The van der Waals surface area contributed by atoms with Crippen molar-refractivity contribution in [2.75, 3.05) is 25.0 Å². The SMILES string of the molecule is CC(C)C(=O)N1CC(N(C)c2ncnc3[nH]ccc23)C2(CC2)C1. The molecule has 1 saturated heterocycles. The maximum absolute atomic E-state index is 12.4. The average molecular weight is 313 g/mol. The smallest absolute Gasteiger partial charge is 0.225 e. The van der Waals surface area contributed by atoms with E-state index in [4.69, 9.17) is 0 Å². The van der Waals surface area contributed by atoms with E-state index in [1.807, 2.05) is 31.0 Å². The number of likely N-dealkylation sites (tertiary alicyclic amines) is 1. The number of carbonyl (C=O) groups is 1. The lowest BCUT2D eigenvalue weighted by Crippen LogP contribution is -2.40. The summed E-state index contributed by atoms with van der Waals surface area (Å²) < 4.78 is 0. The lowest BCUT2D eigenvalue weighted by Gasteiger charge is -2.30. The van der Waals surface area contributed by atoms with Crippen molar-refractivity contribution in [2.24, 2.45) is 11.3 Å². The van der Waals surface area contributed by atoms with E-state index < -0.39 is 0 Å². The summed E-state index contributed by atoms with van der Waals surface area (Å²) in [6, 6.07) is 2.35. The summed E-state index contributed by atoms with van der Waals surface area (Å²) >= 11 is 0.